The molecule has 0 aliphatic carbocycles. The highest BCUT2D eigenvalue weighted by atomic mass is 32.2. The zero-order chi connectivity index (χ0) is 9.26. The van der Waals surface area contributed by atoms with Crippen LogP contribution in [0.25, 0.3) is 0 Å². The fraction of sp³-hybridized carbons (Fsp3) is 0.750. The number of amides is 3. The van der Waals surface area contributed by atoms with E-state index < -0.39 is 0 Å². The minimum Gasteiger partial charge on any atom is -0.320 e. The molecule has 0 saturated carbocycles. The summed E-state index contributed by atoms with van der Waals surface area (Å²) in [4.78, 5) is 24.0. The summed E-state index contributed by atoms with van der Waals surface area (Å²) in [6.07, 6.45) is 1.51. The minimum atomic E-state index is -0.205. The molecular weight excluding hydrogens is 188 g/mol. The molecule has 5 heteroatoms. The van der Waals surface area contributed by atoms with Gasteiger partial charge in [0.25, 0.3) is 0 Å². The van der Waals surface area contributed by atoms with Crippen molar-refractivity contribution in [2.45, 2.75) is 18.9 Å². The van der Waals surface area contributed by atoms with Crippen LogP contribution in [0.2, 0.25) is 0 Å². The first-order valence-corrected chi connectivity index (χ1v) is 5.61. The molecule has 2 aliphatic heterocycles. The Bertz CT molecular complexity index is 238. The Morgan fingerprint density at radius 3 is 2.92 bits per heavy atom. The summed E-state index contributed by atoms with van der Waals surface area (Å²) in [5.74, 6) is 2.00. The Kier molecular flexibility index (Phi) is 2.44. The lowest BCUT2D eigenvalue weighted by atomic mass is 10.2. The number of nitrogens with zero attached hydrogens (tertiary/aromatic N) is 1. The van der Waals surface area contributed by atoms with Gasteiger partial charge in [0, 0.05) is 24.8 Å². The molecule has 1 atom stereocenters. The average molecular weight is 200 g/mol. The lowest BCUT2D eigenvalue weighted by molar-refractivity contribution is -0.121. The van der Waals surface area contributed by atoms with Crippen molar-refractivity contribution in [2.75, 3.05) is 18.1 Å². The van der Waals surface area contributed by atoms with Crippen LogP contribution in [0.4, 0.5) is 4.79 Å². The van der Waals surface area contributed by atoms with Gasteiger partial charge in [0.05, 0.1) is 0 Å². The quantitative estimate of drug-likeness (QED) is 0.668. The van der Waals surface area contributed by atoms with Gasteiger partial charge in [-0.05, 0) is 12.2 Å². The number of urea groups is 1. The van der Waals surface area contributed by atoms with Gasteiger partial charge in [0.2, 0.25) is 5.91 Å². The number of nitrogens with one attached hydrogen (secondary N) is 1. The molecule has 2 aliphatic rings. The van der Waals surface area contributed by atoms with Gasteiger partial charge >= 0.3 is 6.03 Å². The smallest absolute Gasteiger partial charge is 0.320 e. The summed E-state index contributed by atoms with van der Waals surface area (Å²) >= 11 is 1.87. The standard InChI is InChI=1S/C8H12N2O2S/c11-7-1-3-10(8(12)9-7)6-2-4-13-5-6/h6H,1-5H2,(H,9,11,12). The fourth-order valence-corrected chi connectivity index (χ4v) is 2.92. The molecule has 2 fully saturated rings. The molecule has 13 heavy (non-hydrogen) atoms. The van der Waals surface area contributed by atoms with Crippen LogP contribution in [0, 0.1) is 0 Å². The van der Waals surface area contributed by atoms with Crippen LogP contribution in [0.15, 0.2) is 0 Å². The van der Waals surface area contributed by atoms with E-state index in [0.29, 0.717) is 19.0 Å². The normalized spacial score (nSPS) is 29.2. The van der Waals surface area contributed by atoms with Crippen LogP contribution in [0.3, 0.4) is 0 Å². The van der Waals surface area contributed by atoms with E-state index in [-0.39, 0.29) is 11.9 Å². The predicted octanol–water partition coefficient (Wildman–Crippen LogP) is 0.434. The number of rotatable bonds is 1. The second kappa shape index (κ2) is 3.57. The molecular formula is C8H12N2O2S. The van der Waals surface area contributed by atoms with Crippen LogP contribution < -0.4 is 5.32 Å². The lowest BCUT2D eigenvalue weighted by Gasteiger charge is -2.31. The van der Waals surface area contributed by atoms with Crippen molar-refractivity contribution < 1.29 is 9.59 Å². The molecule has 0 spiro atoms. The molecule has 2 heterocycles. The Morgan fingerprint density at radius 2 is 2.31 bits per heavy atom. The van der Waals surface area contributed by atoms with Crippen molar-refractivity contribution >= 4 is 23.7 Å². The molecule has 4 nitrogen and oxygen atoms in total. The highest BCUT2D eigenvalue weighted by molar-refractivity contribution is 7.99. The molecule has 2 saturated heterocycles. The Labute approximate surface area is 81.0 Å². The van der Waals surface area contributed by atoms with Crippen molar-refractivity contribution in [1.82, 2.24) is 10.2 Å². The topological polar surface area (TPSA) is 49.4 Å². The maximum atomic E-state index is 11.4. The molecule has 1 unspecified atom stereocenters. The molecule has 0 aromatic rings. The second-order valence-corrected chi connectivity index (χ2v) is 4.46. The fourth-order valence-electron chi connectivity index (χ4n) is 1.69. The summed E-state index contributed by atoms with van der Waals surface area (Å²) in [6.45, 7) is 0.593. The van der Waals surface area contributed by atoms with E-state index in [2.05, 4.69) is 5.32 Å². The summed E-state index contributed by atoms with van der Waals surface area (Å²) in [7, 11) is 0. The minimum absolute atomic E-state index is 0.146. The van der Waals surface area contributed by atoms with E-state index in [9.17, 15) is 9.59 Å². The first kappa shape index (κ1) is 8.87. The van der Waals surface area contributed by atoms with Gasteiger partial charge in [-0.15, -0.1) is 0 Å². The van der Waals surface area contributed by atoms with Gasteiger partial charge in [0.15, 0.2) is 0 Å². The zero-order valence-electron chi connectivity index (χ0n) is 7.28. The average Bonchev–Trinajstić information content (AvgIpc) is 2.56. The van der Waals surface area contributed by atoms with Crippen LogP contribution >= 0.6 is 11.8 Å². The van der Waals surface area contributed by atoms with Crippen molar-refractivity contribution in [3.8, 4) is 0 Å². The third kappa shape index (κ3) is 1.80. The van der Waals surface area contributed by atoms with Gasteiger partial charge in [-0.25, -0.2) is 4.79 Å². The summed E-state index contributed by atoms with van der Waals surface area (Å²) < 4.78 is 0. The number of thioether (sulfide) groups is 1. The summed E-state index contributed by atoms with van der Waals surface area (Å²) in [5.41, 5.74) is 0. The monoisotopic (exact) mass is 200 g/mol. The van der Waals surface area contributed by atoms with Gasteiger partial charge in [-0.2, -0.15) is 11.8 Å². The number of imide groups is 1. The summed E-state index contributed by atoms with van der Waals surface area (Å²) in [5, 5.41) is 2.35. The molecule has 0 bridgehead atoms. The first-order chi connectivity index (χ1) is 6.27. The Balaban J connectivity index is 1.98. The van der Waals surface area contributed by atoms with E-state index in [0.717, 1.165) is 17.9 Å². The third-order valence-electron chi connectivity index (χ3n) is 2.43. The van der Waals surface area contributed by atoms with Gasteiger partial charge in [-0.3, -0.25) is 10.1 Å². The van der Waals surface area contributed by atoms with Crippen molar-refractivity contribution in [3.05, 3.63) is 0 Å². The number of carbonyl (C=O) groups excluding carboxylic acids is 2. The van der Waals surface area contributed by atoms with E-state index in [1.165, 1.54) is 0 Å². The van der Waals surface area contributed by atoms with Crippen LogP contribution in [0.1, 0.15) is 12.8 Å². The largest absolute Gasteiger partial charge is 0.324 e. The van der Waals surface area contributed by atoms with Crippen molar-refractivity contribution in [2.24, 2.45) is 0 Å². The highest BCUT2D eigenvalue weighted by Crippen LogP contribution is 2.23. The number of hydrogen-bond acceptors (Lipinski definition) is 3. The van der Waals surface area contributed by atoms with E-state index in [1.54, 1.807) is 4.90 Å². The molecule has 72 valence electrons. The zero-order valence-corrected chi connectivity index (χ0v) is 8.10. The van der Waals surface area contributed by atoms with Crippen molar-refractivity contribution in [1.29, 1.82) is 0 Å². The SMILES string of the molecule is O=C1CCN(C2CCSC2)C(=O)N1. The van der Waals surface area contributed by atoms with Gasteiger partial charge < -0.3 is 4.90 Å². The predicted molar refractivity (Wildman–Crippen MR) is 50.6 cm³/mol. The van der Waals surface area contributed by atoms with E-state index in [1.807, 2.05) is 11.8 Å². The van der Waals surface area contributed by atoms with Crippen molar-refractivity contribution in [3.63, 3.8) is 0 Å². The third-order valence-corrected chi connectivity index (χ3v) is 3.58. The second-order valence-electron chi connectivity index (χ2n) is 3.31. The lowest BCUT2D eigenvalue weighted by Crippen LogP contribution is -2.53. The van der Waals surface area contributed by atoms with Crippen LogP contribution in [0.5, 0.6) is 0 Å². The maximum Gasteiger partial charge on any atom is 0.324 e. The van der Waals surface area contributed by atoms with Gasteiger partial charge in [-0.1, -0.05) is 0 Å². The number of hydrogen-bond donors (Lipinski definition) is 1. The molecule has 0 radical (unpaired) electrons. The maximum absolute atomic E-state index is 11.4. The molecule has 1 N–H and O–H groups in total. The van der Waals surface area contributed by atoms with E-state index in [4.69, 9.17) is 0 Å². The van der Waals surface area contributed by atoms with E-state index >= 15 is 0 Å². The van der Waals surface area contributed by atoms with Gasteiger partial charge in [0.1, 0.15) is 0 Å². The molecule has 0 aromatic carbocycles. The first-order valence-electron chi connectivity index (χ1n) is 4.45. The Hall–Kier alpha value is -0.710. The highest BCUT2D eigenvalue weighted by Gasteiger charge is 2.31. The van der Waals surface area contributed by atoms with Crippen LogP contribution in [-0.2, 0) is 4.79 Å². The van der Waals surface area contributed by atoms with Crippen LogP contribution in [-0.4, -0.2) is 40.9 Å². The molecule has 2 rings (SSSR count). The Morgan fingerprint density at radius 1 is 1.46 bits per heavy atom. The molecule has 3 amide bonds. The number of carbonyl (C=O) groups is 2. The summed E-state index contributed by atoms with van der Waals surface area (Å²) in [6, 6.07) is 0.141. The molecule has 0 aromatic heterocycles.